The van der Waals surface area contributed by atoms with Gasteiger partial charge in [0.15, 0.2) is 17.1 Å². The topological polar surface area (TPSA) is 98.0 Å². The standard InChI is InChI=1S/C22H27NO5/c1-23(11-12-2-3-12)7-6-20-15-9-14-18(20)13(8-17(25)19(14)26)10-22(23,28)21(20,27)5-4-16(15)24/h8,12,15,27-28H,2-7,9-11H2,1H3,(H-,25,26)/p+1/t15-,20+,21-,22-,23+/m0/s1. The van der Waals surface area contributed by atoms with E-state index < -0.39 is 22.7 Å². The van der Waals surface area contributed by atoms with E-state index in [0.29, 0.717) is 35.4 Å². The summed E-state index contributed by atoms with van der Waals surface area (Å²) in [6, 6.07) is 1.55. The van der Waals surface area contributed by atoms with Crippen molar-refractivity contribution >= 4 is 5.78 Å². The van der Waals surface area contributed by atoms with Gasteiger partial charge in [0, 0.05) is 35.7 Å². The highest BCUT2D eigenvalue weighted by Gasteiger charge is 2.81. The van der Waals surface area contributed by atoms with Crippen LogP contribution in [0.2, 0.25) is 0 Å². The summed E-state index contributed by atoms with van der Waals surface area (Å²) in [6.07, 6.45) is 4.06. The summed E-state index contributed by atoms with van der Waals surface area (Å²) in [6.45, 7) is 1.54. The van der Waals surface area contributed by atoms with E-state index in [1.807, 2.05) is 0 Å². The normalized spacial score (nSPS) is 45.8. The van der Waals surface area contributed by atoms with Gasteiger partial charge in [-0.25, -0.2) is 0 Å². The van der Waals surface area contributed by atoms with Crippen LogP contribution in [0.5, 0.6) is 11.5 Å². The third kappa shape index (κ3) is 1.59. The highest BCUT2D eigenvalue weighted by Crippen LogP contribution is 2.69. The first-order valence-electron chi connectivity index (χ1n) is 10.6. The van der Waals surface area contributed by atoms with Gasteiger partial charge in [-0.2, -0.15) is 0 Å². The number of ketones is 1. The number of aliphatic hydroxyl groups is 2. The molecule has 1 aliphatic heterocycles. The second kappa shape index (κ2) is 4.74. The number of rotatable bonds is 2. The van der Waals surface area contributed by atoms with Crippen LogP contribution in [0.1, 0.15) is 48.8 Å². The zero-order valence-electron chi connectivity index (χ0n) is 16.2. The molecule has 4 aliphatic carbocycles. The van der Waals surface area contributed by atoms with Gasteiger partial charge in [-0.3, -0.25) is 9.28 Å². The van der Waals surface area contributed by atoms with Gasteiger partial charge in [0.1, 0.15) is 5.78 Å². The minimum absolute atomic E-state index is 0.105. The summed E-state index contributed by atoms with van der Waals surface area (Å²) in [7, 11) is 2.05. The van der Waals surface area contributed by atoms with Gasteiger partial charge < -0.3 is 20.4 Å². The highest BCUT2D eigenvalue weighted by atomic mass is 16.4. The average Bonchev–Trinajstić information content (AvgIpc) is 3.36. The average molecular weight is 386 g/mol. The van der Waals surface area contributed by atoms with Crippen molar-refractivity contribution in [2.24, 2.45) is 11.8 Å². The minimum Gasteiger partial charge on any atom is -0.504 e. The van der Waals surface area contributed by atoms with Crippen molar-refractivity contribution in [3.05, 3.63) is 22.8 Å². The molecule has 6 rings (SSSR count). The SMILES string of the molecule is C[N@+]1(CC2CC2)CC[C@]23c4c5cc(O)c(O)c4C[C@H]2C(=O)CC[C@@]3(O)[C@@]1(O)C5. The van der Waals surface area contributed by atoms with Crippen molar-refractivity contribution in [2.45, 2.75) is 61.7 Å². The number of piperidine rings is 1. The van der Waals surface area contributed by atoms with Gasteiger partial charge in [-0.05, 0) is 42.9 Å². The molecule has 28 heavy (non-hydrogen) atoms. The lowest BCUT2D eigenvalue weighted by atomic mass is 9.46. The number of phenolic OH excluding ortho intramolecular Hbond substituents is 2. The van der Waals surface area contributed by atoms with Crippen LogP contribution in [-0.4, -0.2) is 62.2 Å². The molecule has 6 nitrogen and oxygen atoms in total. The van der Waals surface area contributed by atoms with E-state index in [-0.39, 0.29) is 36.5 Å². The number of aromatic hydroxyl groups is 2. The van der Waals surface area contributed by atoms with Crippen molar-refractivity contribution in [3.63, 3.8) is 0 Å². The molecule has 0 aromatic heterocycles. The molecule has 1 aromatic carbocycles. The lowest BCUT2D eigenvalue weighted by molar-refractivity contribution is -1.00. The Kier molecular flexibility index (Phi) is 2.92. The maximum atomic E-state index is 13.0. The number of phenols is 2. The largest absolute Gasteiger partial charge is 0.504 e. The van der Waals surface area contributed by atoms with Gasteiger partial charge in [0.25, 0.3) is 0 Å². The molecule has 4 N–H and O–H groups in total. The van der Waals surface area contributed by atoms with Crippen LogP contribution in [0.25, 0.3) is 0 Å². The summed E-state index contributed by atoms with van der Waals surface area (Å²) < 4.78 is 0.396. The van der Waals surface area contributed by atoms with Crippen LogP contribution in [0, 0.1) is 11.8 Å². The summed E-state index contributed by atoms with van der Waals surface area (Å²) in [5, 5.41) is 45.4. The first-order chi connectivity index (χ1) is 13.2. The molecule has 1 heterocycles. The molecule has 1 spiro atoms. The maximum Gasteiger partial charge on any atom is 0.235 e. The number of Topliss-reactive ketones (excluding diaryl/α,β-unsaturated/α-hetero) is 1. The number of carbonyl (C=O) groups is 1. The van der Waals surface area contributed by atoms with E-state index in [1.54, 1.807) is 6.07 Å². The predicted octanol–water partition coefficient (Wildman–Crippen LogP) is 1.11. The van der Waals surface area contributed by atoms with E-state index in [4.69, 9.17) is 0 Å². The van der Waals surface area contributed by atoms with Gasteiger partial charge >= 0.3 is 0 Å². The Morgan fingerprint density at radius 3 is 2.68 bits per heavy atom. The molecular weight excluding hydrogens is 358 g/mol. The molecule has 150 valence electrons. The van der Waals surface area contributed by atoms with Crippen molar-refractivity contribution in [1.29, 1.82) is 0 Å². The number of likely N-dealkylation sites (N-methyl/N-ethyl adjacent to an activating group) is 1. The van der Waals surface area contributed by atoms with Crippen LogP contribution in [-0.2, 0) is 23.1 Å². The van der Waals surface area contributed by atoms with Crippen molar-refractivity contribution in [1.82, 2.24) is 0 Å². The molecule has 0 unspecified atom stereocenters. The van der Waals surface area contributed by atoms with E-state index in [2.05, 4.69) is 7.05 Å². The molecule has 3 fully saturated rings. The maximum absolute atomic E-state index is 13.0. The van der Waals surface area contributed by atoms with Crippen molar-refractivity contribution in [3.8, 4) is 11.5 Å². The summed E-state index contributed by atoms with van der Waals surface area (Å²) in [5.41, 5.74) is -1.42. The Balaban J connectivity index is 1.66. The van der Waals surface area contributed by atoms with Gasteiger partial charge in [0.05, 0.1) is 26.6 Å². The monoisotopic (exact) mass is 386 g/mol. The zero-order chi connectivity index (χ0) is 19.7. The Morgan fingerprint density at radius 1 is 1.21 bits per heavy atom. The number of likely N-dealkylation sites (tertiary alicyclic amines) is 1. The van der Waals surface area contributed by atoms with Crippen LogP contribution < -0.4 is 0 Å². The van der Waals surface area contributed by atoms with E-state index in [0.717, 1.165) is 17.7 Å². The first kappa shape index (κ1) is 17.2. The predicted molar refractivity (Wildman–Crippen MR) is 99.7 cm³/mol. The lowest BCUT2D eigenvalue weighted by Crippen LogP contribution is -2.86. The third-order valence-electron chi connectivity index (χ3n) is 9.12. The highest BCUT2D eigenvalue weighted by molar-refractivity contribution is 5.88. The molecule has 0 radical (unpaired) electrons. The van der Waals surface area contributed by atoms with E-state index >= 15 is 0 Å². The molecule has 5 atom stereocenters. The van der Waals surface area contributed by atoms with Gasteiger partial charge in [-0.1, -0.05) is 0 Å². The summed E-state index contributed by atoms with van der Waals surface area (Å²) in [5.74, 6) is -0.104. The number of carbonyl (C=O) groups excluding carboxylic acids is 1. The van der Waals surface area contributed by atoms with Crippen LogP contribution in [0.15, 0.2) is 6.07 Å². The number of hydrogen-bond acceptors (Lipinski definition) is 5. The molecule has 6 heteroatoms. The number of hydrogen-bond donors (Lipinski definition) is 4. The third-order valence-corrected chi connectivity index (χ3v) is 9.12. The van der Waals surface area contributed by atoms with Crippen LogP contribution in [0.3, 0.4) is 0 Å². The molecule has 2 saturated carbocycles. The first-order valence-corrected chi connectivity index (χ1v) is 10.6. The quantitative estimate of drug-likeness (QED) is 0.451. The van der Waals surface area contributed by atoms with Crippen molar-refractivity contribution < 1.29 is 29.7 Å². The fourth-order valence-corrected chi connectivity index (χ4v) is 7.64. The second-order valence-corrected chi connectivity index (χ2v) is 10.3. The lowest BCUT2D eigenvalue weighted by Gasteiger charge is -2.69. The van der Waals surface area contributed by atoms with Gasteiger partial charge in [0.2, 0.25) is 5.72 Å². The van der Waals surface area contributed by atoms with E-state index in [9.17, 15) is 25.2 Å². The van der Waals surface area contributed by atoms with Crippen LogP contribution in [0.4, 0.5) is 0 Å². The Bertz CT molecular complexity index is 941. The Morgan fingerprint density at radius 2 is 1.96 bits per heavy atom. The Labute approximate surface area is 164 Å². The van der Waals surface area contributed by atoms with Gasteiger partial charge in [-0.15, -0.1) is 0 Å². The zero-order valence-corrected chi connectivity index (χ0v) is 16.2. The number of quaternary nitrogens is 1. The summed E-state index contributed by atoms with van der Waals surface area (Å²) in [4.78, 5) is 13.0. The van der Waals surface area contributed by atoms with Crippen molar-refractivity contribution in [2.75, 3.05) is 20.1 Å². The van der Waals surface area contributed by atoms with Crippen LogP contribution >= 0.6 is 0 Å². The fraction of sp³-hybridized carbons (Fsp3) is 0.682. The second-order valence-electron chi connectivity index (χ2n) is 10.3. The molecular formula is C22H28NO5+. The van der Waals surface area contributed by atoms with E-state index in [1.165, 1.54) is 12.8 Å². The fourth-order valence-electron chi connectivity index (χ4n) is 7.64. The smallest absolute Gasteiger partial charge is 0.235 e. The summed E-state index contributed by atoms with van der Waals surface area (Å²) >= 11 is 0. The molecule has 1 saturated heterocycles. The Hall–Kier alpha value is -1.63. The number of benzene rings is 1. The molecule has 0 amide bonds. The molecule has 5 aliphatic rings. The minimum atomic E-state index is -1.40. The molecule has 2 bridgehead atoms. The molecule has 1 aromatic rings. The number of nitrogens with zero attached hydrogens (tertiary/aromatic N) is 1.